The van der Waals surface area contributed by atoms with Gasteiger partial charge in [0.15, 0.2) is 5.82 Å². The van der Waals surface area contributed by atoms with Gasteiger partial charge in [-0.3, -0.25) is 4.98 Å². The van der Waals surface area contributed by atoms with E-state index in [1.54, 1.807) is 18.3 Å². The molecule has 0 bridgehead atoms. The van der Waals surface area contributed by atoms with Gasteiger partial charge in [0, 0.05) is 22.3 Å². The molecule has 2 aromatic heterocycles. The fraction of sp³-hybridized carbons (Fsp3) is 0. The molecule has 0 radical (unpaired) electrons. The molecule has 0 amide bonds. The standard InChI is InChI=1S/C19H10ClN3O2/c20-12-3-1-4-13(10-12)22-18-17-15(5-2-8-21-17)14-7-6-11(19(24)25)9-16(14)23-18/h1-5,8-10H,(H,22,23)(H,24,25). The number of carboxylic acid groups (broad SMARTS) is 1. The number of benzene rings is 1. The molecule has 0 aliphatic rings. The Labute approximate surface area is 147 Å². The number of anilines is 2. The summed E-state index contributed by atoms with van der Waals surface area (Å²) in [4.78, 5) is 20.1. The molecule has 0 fully saturated rings. The van der Waals surface area contributed by atoms with Crippen molar-refractivity contribution in [2.75, 3.05) is 5.32 Å². The summed E-state index contributed by atoms with van der Waals surface area (Å²) in [6.07, 6.45) is 1.67. The zero-order chi connectivity index (χ0) is 17.4. The number of fused-ring (bicyclic) bond motifs is 3. The number of carbonyl (C=O) groups is 1. The van der Waals surface area contributed by atoms with Crippen molar-refractivity contribution >= 4 is 50.9 Å². The number of hydrogen-bond acceptors (Lipinski definition) is 4. The van der Waals surface area contributed by atoms with Crippen molar-refractivity contribution in [2.24, 2.45) is 0 Å². The lowest BCUT2D eigenvalue weighted by Crippen LogP contribution is -1.99. The van der Waals surface area contributed by atoms with Crippen LogP contribution in [0.5, 0.6) is 0 Å². The Morgan fingerprint density at radius 1 is 1.16 bits per heavy atom. The average Bonchev–Trinajstić information content (AvgIpc) is 2.61. The quantitative estimate of drug-likeness (QED) is 0.571. The van der Waals surface area contributed by atoms with Gasteiger partial charge in [-0.05, 0) is 36.4 Å². The fourth-order valence-corrected chi connectivity index (χ4v) is 2.80. The summed E-state index contributed by atoms with van der Waals surface area (Å²) in [5.74, 6) is -0.558. The van der Waals surface area contributed by atoms with E-state index in [1.807, 2.05) is 24.3 Å². The van der Waals surface area contributed by atoms with Crippen LogP contribution in [0.1, 0.15) is 10.4 Å². The summed E-state index contributed by atoms with van der Waals surface area (Å²) < 4.78 is 0. The van der Waals surface area contributed by atoms with Gasteiger partial charge in [0.1, 0.15) is 11.1 Å². The first-order valence-corrected chi connectivity index (χ1v) is 7.78. The Hall–Kier alpha value is -3.36. The lowest BCUT2D eigenvalue weighted by atomic mass is 10.1. The molecule has 2 heterocycles. The number of nitrogens with one attached hydrogen (secondary N) is 1. The van der Waals surface area contributed by atoms with Crippen LogP contribution in [0.25, 0.3) is 21.8 Å². The SMILES string of the molecule is O=C(O)c1c#cc2c(c1)nc(Nc1cccc(Cl)c1)c1ncccc12. The number of carboxylic acids is 1. The van der Waals surface area contributed by atoms with E-state index in [2.05, 4.69) is 27.4 Å². The monoisotopic (exact) mass is 347 g/mol. The Morgan fingerprint density at radius 2 is 2.04 bits per heavy atom. The van der Waals surface area contributed by atoms with E-state index in [4.69, 9.17) is 11.6 Å². The van der Waals surface area contributed by atoms with E-state index in [1.165, 1.54) is 6.07 Å². The van der Waals surface area contributed by atoms with Crippen molar-refractivity contribution in [3.63, 3.8) is 0 Å². The number of aromatic nitrogens is 2. The van der Waals surface area contributed by atoms with E-state index < -0.39 is 5.97 Å². The van der Waals surface area contributed by atoms with Crippen molar-refractivity contribution in [3.8, 4) is 0 Å². The molecule has 2 N–H and O–H groups in total. The molecule has 5 nitrogen and oxygen atoms in total. The van der Waals surface area contributed by atoms with Crippen LogP contribution in [0.15, 0.2) is 48.7 Å². The molecular formula is C19H10ClN3O2. The Morgan fingerprint density at radius 3 is 2.84 bits per heavy atom. The Bertz CT molecular complexity index is 1130. The maximum Gasteiger partial charge on any atom is 0.344 e. The molecule has 0 spiro atoms. The van der Waals surface area contributed by atoms with Crippen molar-refractivity contribution in [2.45, 2.75) is 0 Å². The molecule has 4 rings (SSSR count). The molecule has 0 unspecified atom stereocenters. The predicted octanol–water partition coefficient (Wildman–Crippen LogP) is 4.48. The molecule has 4 aromatic rings. The van der Waals surface area contributed by atoms with Gasteiger partial charge in [-0.15, -0.1) is 0 Å². The smallest absolute Gasteiger partial charge is 0.344 e. The third kappa shape index (κ3) is 2.80. The van der Waals surface area contributed by atoms with Gasteiger partial charge in [-0.25, -0.2) is 9.78 Å². The number of aromatic carboxylic acids is 1. The molecular weight excluding hydrogens is 338 g/mol. The zero-order valence-electron chi connectivity index (χ0n) is 12.7. The summed E-state index contributed by atoms with van der Waals surface area (Å²) in [6.45, 7) is 0. The van der Waals surface area contributed by atoms with E-state index in [0.717, 1.165) is 11.1 Å². The van der Waals surface area contributed by atoms with Gasteiger partial charge in [-0.2, -0.15) is 0 Å². The minimum absolute atomic E-state index is 0.0111. The van der Waals surface area contributed by atoms with Gasteiger partial charge in [0.05, 0.1) is 10.9 Å². The summed E-state index contributed by atoms with van der Waals surface area (Å²) in [6, 6.07) is 18.0. The van der Waals surface area contributed by atoms with Crippen molar-refractivity contribution in [1.82, 2.24) is 9.97 Å². The van der Waals surface area contributed by atoms with Crippen LogP contribution in [-0.4, -0.2) is 21.0 Å². The number of halogens is 1. The second kappa shape index (κ2) is 5.93. The van der Waals surface area contributed by atoms with Gasteiger partial charge in [-0.1, -0.05) is 29.8 Å². The molecule has 120 valence electrons. The molecule has 25 heavy (non-hydrogen) atoms. The van der Waals surface area contributed by atoms with Crippen LogP contribution in [0.2, 0.25) is 5.02 Å². The first-order chi connectivity index (χ1) is 12.1. The number of rotatable bonds is 3. The van der Waals surface area contributed by atoms with Crippen LogP contribution in [0.4, 0.5) is 11.5 Å². The molecule has 0 saturated carbocycles. The summed E-state index contributed by atoms with van der Waals surface area (Å²) in [7, 11) is 0. The van der Waals surface area contributed by atoms with Gasteiger partial charge >= 0.3 is 5.97 Å². The predicted molar refractivity (Wildman–Crippen MR) is 96.4 cm³/mol. The number of pyridine rings is 2. The van der Waals surface area contributed by atoms with E-state index in [0.29, 0.717) is 27.3 Å². The highest BCUT2D eigenvalue weighted by atomic mass is 35.5. The highest BCUT2D eigenvalue weighted by Crippen LogP contribution is 2.29. The molecule has 0 aliphatic heterocycles. The lowest BCUT2D eigenvalue weighted by Gasteiger charge is -2.10. The largest absolute Gasteiger partial charge is 0.477 e. The molecule has 0 atom stereocenters. The van der Waals surface area contributed by atoms with E-state index >= 15 is 0 Å². The van der Waals surface area contributed by atoms with Crippen LogP contribution < -0.4 is 5.32 Å². The second-order valence-electron chi connectivity index (χ2n) is 5.37. The highest BCUT2D eigenvalue weighted by Gasteiger charge is 2.12. The van der Waals surface area contributed by atoms with E-state index in [9.17, 15) is 9.90 Å². The minimum atomic E-state index is -1.07. The lowest BCUT2D eigenvalue weighted by molar-refractivity contribution is 0.0697. The van der Waals surface area contributed by atoms with Crippen LogP contribution in [0.3, 0.4) is 0 Å². The molecule has 6 heteroatoms. The first-order valence-electron chi connectivity index (χ1n) is 7.40. The van der Waals surface area contributed by atoms with Crippen LogP contribution in [0, 0.1) is 12.1 Å². The van der Waals surface area contributed by atoms with E-state index in [-0.39, 0.29) is 5.56 Å². The van der Waals surface area contributed by atoms with Gasteiger partial charge in [0.25, 0.3) is 0 Å². The average molecular weight is 348 g/mol. The molecule has 2 aromatic carbocycles. The van der Waals surface area contributed by atoms with Crippen LogP contribution >= 0.6 is 11.6 Å². The van der Waals surface area contributed by atoms with Crippen molar-refractivity contribution < 1.29 is 9.90 Å². The van der Waals surface area contributed by atoms with Crippen molar-refractivity contribution in [3.05, 3.63) is 71.4 Å². The first kappa shape index (κ1) is 15.2. The molecule has 0 saturated heterocycles. The minimum Gasteiger partial charge on any atom is -0.477 e. The maximum absolute atomic E-state index is 11.2. The second-order valence-corrected chi connectivity index (χ2v) is 5.81. The highest BCUT2D eigenvalue weighted by molar-refractivity contribution is 6.30. The zero-order valence-corrected chi connectivity index (χ0v) is 13.5. The van der Waals surface area contributed by atoms with Gasteiger partial charge < -0.3 is 10.4 Å². The third-order valence-corrected chi connectivity index (χ3v) is 3.95. The Kier molecular flexibility index (Phi) is 3.60. The van der Waals surface area contributed by atoms with Crippen LogP contribution in [-0.2, 0) is 0 Å². The fourth-order valence-electron chi connectivity index (χ4n) is 2.61. The normalized spacial score (nSPS) is 10.6. The number of nitrogens with zero attached hydrogens (tertiary/aromatic N) is 2. The van der Waals surface area contributed by atoms with Gasteiger partial charge in [0.2, 0.25) is 0 Å². The summed E-state index contributed by atoms with van der Waals surface area (Å²) in [5, 5.41) is 14.4. The third-order valence-electron chi connectivity index (χ3n) is 3.71. The number of hydrogen-bond donors (Lipinski definition) is 2. The summed E-state index contributed by atoms with van der Waals surface area (Å²) in [5.41, 5.74) is 1.93. The molecule has 0 aliphatic carbocycles. The maximum atomic E-state index is 11.2. The topological polar surface area (TPSA) is 75.1 Å². The Balaban J connectivity index is 1.96. The summed E-state index contributed by atoms with van der Waals surface area (Å²) >= 11 is 6.03. The van der Waals surface area contributed by atoms with Crippen molar-refractivity contribution in [1.29, 1.82) is 0 Å².